The molecular formula is C15H22BrNO2S. The van der Waals surface area contributed by atoms with Crippen LogP contribution in [-0.2, 0) is 10.0 Å². The Kier molecular flexibility index (Phi) is 4.92. The van der Waals surface area contributed by atoms with E-state index in [1.165, 1.54) is 0 Å². The van der Waals surface area contributed by atoms with Crippen molar-refractivity contribution in [3.05, 3.63) is 28.2 Å². The molecular weight excluding hydrogens is 338 g/mol. The highest BCUT2D eigenvalue weighted by Crippen LogP contribution is 2.33. The van der Waals surface area contributed by atoms with Crippen LogP contribution in [0.4, 0.5) is 0 Å². The molecule has 1 fully saturated rings. The second-order valence-corrected chi connectivity index (χ2v) is 8.69. The average molecular weight is 360 g/mol. The molecule has 0 amide bonds. The van der Waals surface area contributed by atoms with Crippen LogP contribution in [-0.4, -0.2) is 25.3 Å². The van der Waals surface area contributed by atoms with E-state index in [9.17, 15) is 8.42 Å². The van der Waals surface area contributed by atoms with Gasteiger partial charge in [0.25, 0.3) is 0 Å². The van der Waals surface area contributed by atoms with Gasteiger partial charge in [-0.2, -0.15) is 4.31 Å². The Bertz CT molecular complexity index is 580. The van der Waals surface area contributed by atoms with Gasteiger partial charge >= 0.3 is 0 Å². The summed E-state index contributed by atoms with van der Waals surface area (Å²) in [6, 6.07) is 5.47. The average Bonchev–Trinajstić information content (AvgIpc) is 3.16. The fourth-order valence-corrected chi connectivity index (χ4v) is 4.19. The van der Waals surface area contributed by atoms with Gasteiger partial charge in [-0.05, 0) is 55.9 Å². The van der Waals surface area contributed by atoms with E-state index in [4.69, 9.17) is 0 Å². The molecule has 1 aromatic carbocycles. The maximum absolute atomic E-state index is 12.8. The number of nitrogens with zero attached hydrogens (tertiary/aromatic N) is 1. The van der Waals surface area contributed by atoms with Crippen LogP contribution in [0.5, 0.6) is 0 Å². The summed E-state index contributed by atoms with van der Waals surface area (Å²) in [6.07, 6.45) is 2.89. The van der Waals surface area contributed by atoms with Crippen LogP contribution in [0.3, 0.4) is 0 Å². The fraction of sp³-hybridized carbons (Fsp3) is 0.600. The van der Waals surface area contributed by atoms with Gasteiger partial charge in [0.2, 0.25) is 10.0 Å². The van der Waals surface area contributed by atoms with Gasteiger partial charge in [0.05, 0.1) is 4.90 Å². The first-order valence-electron chi connectivity index (χ1n) is 7.10. The van der Waals surface area contributed by atoms with Crippen LogP contribution in [0, 0.1) is 12.8 Å². The van der Waals surface area contributed by atoms with Crippen molar-refractivity contribution >= 4 is 26.0 Å². The van der Waals surface area contributed by atoms with E-state index in [0.717, 1.165) is 29.3 Å². The van der Waals surface area contributed by atoms with Gasteiger partial charge in [0, 0.05) is 17.1 Å². The summed E-state index contributed by atoms with van der Waals surface area (Å²) in [6.45, 7) is 6.79. The molecule has 0 aromatic heterocycles. The van der Waals surface area contributed by atoms with Crippen molar-refractivity contribution in [3.63, 3.8) is 0 Å². The summed E-state index contributed by atoms with van der Waals surface area (Å²) < 4.78 is 28.2. The van der Waals surface area contributed by atoms with E-state index in [-0.39, 0.29) is 6.04 Å². The lowest BCUT2D eigenvalue weighted by Gasteiger charge is -2.23. The number of rotatable bonds is 6. The third-order valence-electron chi connectivity index (χ3n) is 3.62. The third-order valence-corrected chi connectivity index (χ3v) is 6.45. The van der Waals surface area contributed by atoms with Gasteiger partial charge in [-0.15, -0.1) is 0 Å². The molecule has 112 valence electrons. The highest BCUT2D eigenvalue weighted by molar-refractivity contribution is 9.10. The van der Waals surface area contributed by atoms with Crippen LogP contribution in [0.2, 0.25) is 0 Å². The maximum Gasteiger partial charge on any atom is 0.243 e. The first-order chi connectivity index (χ1) is 9.32. The second kappa shape index (κ2) is 6.16. The molecule has 0 N–H and O–H groups in total. The fourth-order valence-electron chi connectivity index (χ4n) is 2.16. The summed E-state index contributed by atoms with van der Waals surface area (Å²) in [5.74, 6) is 0.512. The summed E-state index contributed by atoms with van der Waals surface area (Å²) in [7, 11) is -3.36. The van der Waals surface area contributed by atoms with Crippen molar-refractivity contribution in [3.8, 4) is 0 Å². The van der Waals surface area contributed by atoms with Gasteiger partial charge in [-0.1, -0.05) is 29.8 Å². The van der Waals surface area contributed by atoms with Crippen molar-refractivity contribution < 1.29 is 8.42 Å². The Hall–Kier alpha value is -0.390. The molecule has 1 aromatic rings. The van der Waals surface area contributed by atoms with Gasteiger partial charge in [-0.3, -0.25) is 0 Å². The summed E-state index contributed by atoms with van der Waals surface area (Å²) in [5, 5.41) is 0. The van der Waals surface area contributed by atoms with Crippen LogP contribution in [0.25, 0.3) is 0 Å². The number of hydrogen-bond acceptors (Lipinski definition) is 2. The van der Waals surface area contributed by atoms with Crippen molar-refractivity contribution in [2.75, 3.05) is 6.54 Å². The number of halogens is 1. The molecule has 1 saturated carbocycles. The van der Waals surface area contributed by atoms with E-state index in [2.05, 4.69) is 29.8 Å². The van der Waals surface area contributed by atoms with E-state index < -0.39 is 10.0 Å². The maximum atomic E-state index is 12.8. The molecule has 20 heavy (non-hydrogen) atoms. The molecule has 0 heterocycles. The minimum atomic E-state index is -3.36. The standard InChI is InChI=1S/C15H22BrNO2S/c1-11(2)8-9-17(13-4-5-13)20(18,19)14-6-7-15(16)12(3)10-14/h6-7,10-11,13H,4-5,8-9H2,1-3H3. The molecule has 0 aliphatic heterocycles. The van der Waals surface area contributed by atoms with Gasteiger partial charge in [0.1, 0.15) is 0 Å². The number of sulfonamides is 1. The second-order valence-electron chi connectivity index (χ2n) is 5.94. The molecule has 0 spiro atoms. The molecule has 0 saturated heterocycles. The Morgan fingerprint density at radius 1 is 1.35 bits per heavy atom. The molecule has 0 unspecified atom stereocenters. The zero-order chi connectivity index (χ0) is 14.9. The minimum Gasteiger partial charge on any atom is -0.207 e. The highest BCUT2D eigenvalue weighted by Gasteiger charge is 2.37. The molecule has 0 bridgehead atoms. The number of benzene rings is 1. The van der Waals surface area contributed by atoms with Crippen molar-refractivity contribution in [2.45, 2.75) is 51.0 Å². The van der Waals surface area contributed by atoms with E-state index in [1.54, 1.807) is 16.4 Å². The molecule has 2 rings (SSSR count). The summed E-state index contributed by atoms with van der Waals surface area (Å²) in [4.78, 5) is 0.411. The number of hydrogen-bond donors (Lipinski definition) is 0. The van der Waals surface area contributed by atoms with Crippen LogP contribution in [0.15, 0.2) is 27.6 Å². The lowest BCUT2D eigenvalue weighted by Crippen LogP contribution is -2.34. The lowest BCUT2D eigenvalue weighted by atomic mass is 10.1. The predicted octanol–water partition coefficient (Wildman–Crippen LogP) is 3.96. The lowest BCUT2D eigenvalue weighted by molar-refractivity contribution is 0.373. The van der Waals surface area contributed by atoms with Crippen LogP contribution >= 0.6 is 15.9 Å². The van der Waals surface area contributed by atoms with E-state index >= 15 is 0 Å². The largest absolute Gasteiger partial charge is 0.243 e. The monoisotopic (exact) mass is 359 g/mol. The number of aryl methyl sites for hydroxylation is 1. The molecule has 3 nitrogen and oxygen atoms in total. The Morgan fingerprint density at radius 3 is 2.50 bits per heavy atom. The Morgan fingerprint density at radius 2 is 2.00 bits per heavy atom. The van der Waals surface area contributed by atoms with Crippen molar-refractivity contribution in [2.24, 2.45) is 5.92 Å². The first-order valence-corrected chi connectivity index (χ1v) is 9.33. The minimum absolute atomic E-state index is 0.211. The zero-order valence-corrected chi connectivity index (χ0v) is 14.7. The van der Waals surface area contributed by atoms with E-state index in [1.807, 2.05) is 13.0 Å². The summed E-state index contributed by atoms with van der Waals surface area (Å²) >= 11 is 3.42. The SMILES string of the molecule is Cc1cc(S(=O)(=O)N(CCC(C)C)C2CC2)ccc1Br. The smallest absolute Gasteiger partial charge is 0.207 e. The Labute approximate surface area is 130 Å². The molecule has 0 atom stereocenters. The molecule has 5 heteroatoms. The first kappa shape index (κ1) is 16.0. The van der Waals surface area contributed by atoms with Crippen LogP contribution in [0.1, 0.15) is 38.7 Å². The predicted molar refractivity (Wildman–Crippen MR) is 85.2 cm³/mol. The zero-order valence-electron chi connectivity index (χ0n) is 12.3. The van der Waals surface area contributed by atoms with Gasteiger partial charge in [0.15, 0.2) is 0 Å². The molecule has 1 aliphatic rings. The van der Waals surface area contributed by atoms with E-state index in [0.29, 0.717) is 17.4 Å². The van der Waals surface area contributed by atoms with Crippen molar-refractivity contribution in [1.82, 2.24) is 4.31 Å². The summed E-state index contributed by atoms with van der Waals surface area (Å²) in [5.41, 5.74) is 0.950. The molecule has 1 aliphatic carbocycles. The van der Waals surface area contributed by atoms with Gasteiger partial charge < -0.3 is 0 Å². The third kappa shape index (κ3) is 3.62. The van der Waals surface area contributed by atoms with Crippen LogP contribution < -0.4 is 0 Å². The van der Waals surface area contributed by atoms with Crippen molar-refractivity contribution in [1.29, 1.82) is 0 Å². The molecule has 0 radical (unpaired) electrons. The quantitative estimate of drug-likeness (QED) is 0.770. The normalized spacial score (nSPS) is 16.1. The Balaban J connectivity index is 2.27. The van der Waals surface area contributed by atoms with Gasteiger partial charge in [-0.25, -0.2) is 8.42 Å². The highest BCUT2D eigenvalue weighted by atomic mass is 79.9. The topological polar surface area (TPSA) is 37.4 Å².